The first-order valence-electron chi connectivity index (χ1n) is 6.86. The molecule has 0 bridgehead atoms. The second-order valence-corrected chi connectivity index (χ2v) is 5.13. The van der Waals surface area contributed by atoms with Gasteiger partial charge in [-0.3, -0.25) is 0 Å². The monoisotopic (exact) mass is 269 g/mol. The molecule has 3 rings (SSSR count). The van der Waals surface area contributed by atoms with Crippen LogP contribution in [0.3, 0.4) is 0 Å². The summed E-state index contributed by atoms with van der Waals surface area (Å²) in [6.45, 7) is 3.87. The van der Waals surface area contributed by atoms with Crippen LogP contribution in [0.4, 0.5) is 17.2 Å². The molecular formula is C16H19N3O. The van der Waals surface area contributed by atoms with Crippen molar-refractivity contribution < 1.29 is 5.11 Å². The lowest BCUT2D eigenvalue weighted by molar-refractivity contribution is 0.280. The van der Waals surface area contributed by atoms with E-state index in [4.69, 9.17) is 0 Å². The van der Waals surface area contributed by atoms with Crippen molar-refractivity contribution in [2.45, 2.75) is 13.5 Å². The fourth-order valence-electron chi connectivity index (χ4n) is 2.64. The molecule has 4 nitrogen and oxygen atoms in total. The van der Waals surface area contributed by atoms with E-state index in [2.05, 4.69) is 46.1 Å². The highest BCUT2D eigenvalue weighted by atomic mass is 16.3. The molecule has 0 spiro atoms. The molecule has 20 heavy (non-hydrogen) atoms. The van der Waals surface area contributed by atoms with E-state index in [1.165, 1.54) is 11.4 Å². The van der Waals surface area contributed by atoms with Crippen molar-refractivity contribution in [3.63, 3.8) is 0 Å². The number of aromatic nitrogens is 1. The number of hydrogen-bond donors (Lipinski definition) is 1. The van der Waals surface area contributed by atoms with Gasteiger partial charge in [0.1, 0.15) is 5.82 Å². The maximum Gasteiger partial charge on any atom is 0.133 e. The zero-order chi connectivity index (χ0) is 14.1. The summed E-state index contributed by atoms with van der Waals surface area (Å²) in [5.74, 6) is 0.945. The molecule has 1 aliphatic rings. The van der Waals surface area contributed by atoms with E-state index in [1.807, 2.05) is 19.1 Å². The first-order valence-corrected chi connectivity index (χ1v) is 6.86. The minimum absolute atomic E-state index is 0.0401. The number of nitrogens with zero attached hydrogens (tertiary/aromatic N) is 3. The van der Waals surface area contributed by atoms with Gasteiger partial charge in [-0.15, -0.1) is 0 Å². The van der Waals surface area contributed by atoms with Gasteiger partial charge >= 0.3 is 0 Å². The molecule has 1 aliphatic heterocycles. The quantitative estimate of drug-likeness (QED) is 0.909. The SMILES string of the molecule is Cc1nc(N2CCN(C)c3ccccc32)ccc1CO. The van der Waals surface area contributed by atoms with E-state index in [1.54, 1.807) is 0 Å². The second-order valence-electron chi connectivity index (χ2n) is 5.13. The van der Waals surface area contributed by atoms with Crippen molar-refractivity contribution in [3.8, 4) is 0 Å². The number of likely N-dealkylation sites (N-methyl/N-ethyl adjacent to an activating group) is 1. The van der Waals surface area contributed by atoms with Gasteiger partial charge < -0.3 is 14.9 Å². The number of hydrogen-bond acceptors (Lipinski definition) is 4. The van der Waals surface area contributed by atoms with E-state index in [-0.39, 0.29) is 6.61 Å². The Hall–Kier alpha value is -2.07. The van der Waals surface area contributed by atoms with Crippen LogP contribution in [0.1, 0.15) is 11.3 Å². The third-order valence-electron chi connectivity index (χ3n) is 3.87. The molecule has 1 aromatic heterocycles. The Morgan fingerprint density at radius 2 is 1.85 bits per heavy atom. The molecule has 0 aliphatic carbocycles. The molecule has 0 radical (unpaired) electrons. The smallest absolute Gasteiger partial charge is 0.133 e. The standard InChI is InChI=1S/C16H19N3O/c1-12-13(11-20)7-8-16(17-12)19-10-9-18(2)14-5-3-4-6-15(14)19/h3-8,20H,9-11H2,1-2H3. The fraction of sp³-hybridized carbons (Fsp3) is 0.312. The van der Waals surface area contributed by atoms with Gasteiger partial charge in [0.2, 0.25) is 0 Å². The summed E-state index contributed by atoms with van der Waals surface area (Å²) < 4.78 is 0. The second kappa shape index (κ2) is 5.13. The normalized spacial score (nSPS) is 14.3. The first-order chi connectivity index (χ1) is 9.70. The number of aliphatic hydroxyl groups excluding tert-OH is 1. The molecule has 4 heteroatoms. The summed E-state index contributed by atoms with van der Waals surface area (Å²) in [7, 11) is 2.11. The fourth-order valence-corrected chi connectivity index (χ4v) is 2.64. The summed E-state index contributed by atoms with van der Waals surface area (Å²) >= 11 is 0. The number of pyridine rings is 1. The van der Waals surface area contributed by atoms with Crippen molar-refractivity contribution >= 4 is 17.2 Å². The third-order valence-corrected chi connectivity index (χ3v) is 3.87. The van der Waals surface area contributed by atoms with E-state index in [0.717, 1.165) is 30.2 Å². The molecule has 0 unspecified atom stereocenters. The third kappa shape index (κ3) is 2.12. The molecule has 1 aromatic carbocycles. The van der Waals surface area contributed by atoms with Gasteiger partial charge in [0.05, 0.1) is 18.0 Å². The van der Waals surface area contributed by atoms with Gasteiger partial charge in [0, 0.05) is 25.8 Å². The Kier molecular flexibility index (Phi) is 3.32. The van der Waals surface area contributed by atoms with Gasteiger partial charge in [0.15, 0.2) is 0 Å². The molecule has 2 aromatic rings. The van der Waals surface area contributed by atoms with Crippen LogP contribution in [0.5, 0.6) is 0 Å². The molecule has 2 heterocycles. The van der Waals surface area contributed by atoms with E-state index in [9.17, 15) is 5.11 Å². The number of aryl methyl sites for hydroxylation is 1. The highest BCUT2D eigenvalue weighted by Crippen LogP contribution is 2.36. The van der Waals surface area contributed by atoms with Crippen molar-refractivity contribution in [1.29, 1.82) is 0 Å². The molecule has 1 N–H and O–H groups in total. The number of rotatable bonds is 2. The summed E-state index contributed by atoms with van der Waals surface area (Å²) in [6, 6.07) is 12.3. The predicted molar refractivity (Wildman–Crippen MR) is 81.6 cm³/mol. The molecule has 0 fully saturated rings. The zero-order valence-corrected chi connectivity index (χ0v) is 11.9. The zero-order valence-electron chi connectivity index (χ0n) is 11.9. The lowest BCUT2D eigenvalue weighted by Crippen LogP contribution is -2.36. The Balaban J connectivity index is 2.03. The first kappa shape index (κ1) is 12.9. The summed E-state index contributed by atoms with van der Waals surface area (Å²) in [4.78, 5) is 9.14. The molecule has 0 atom stereocenters. The Bertz CT molecular complexity index is 627. The highest BCUT2D eigenvalue weighted by Gasteiger charge is 2.21. The van der Waals surface area contributed by atoms with Crippen molar-refractivity contribution in [2.24, 2.45) is 0 Å². The minimum Gasteiger partial charge on any atom is -0.392 e. The van der Waals surface area contributed by atoms with Crippen LogP contribution in [0, 0.1) is 6.92 Å². The predicted octanol–water partition coefficient (Wildman–Crippen LogP) is 2.47. The van der Waals surface area contributed by atoms with Crippen molar-refractivity contribution in [3.05, 3.63) is 47.7 Å². The van der Waals surface area contributed by atoms with Gasteiger partial charge in [-0.25, -0.2) is 4.98 Å². The summed E-state index contributed by atoms with van der Waals surface area (Å²) in [5, 5.41) is 9.25. The van der Waals surface area contributed by atoms with Gasteiger partial charge in [-0.05, 0) is 30.7 Å². The lowest BCUT2D eigenvalue weighted by atomic mass is 10.1. The van der Waals surface area contributed by atoms with Crippen LogP contribution in [-0.2, 0) is 6.61 Å². The number of aliphatic hydroxyl groups is 1. The van der Waals surface area contributed by atoms with Crippen molar-refractivity contribution in [2.75, 3.05) is 29.9 Å². The van der Waals surface area contributed by atoms with E-state index < -0.39 is 0 Å². The minimum atomic E-state index is 0.0401. The van der Waals surface area contributed by atoms with Crippen LogP contribution < -0.4 is 9.80 Å². The van der Waals surface area contributed by atoms with Gasteiger partial charge in [-0.1, -0.05) is 18.2 Å². The number of benzene rings is 1. The van der Waals surface area contributed by atoms with Crippen molar-refractivity contribution in [1.82, 2.24) is 4.98 Å². The summed E-state index contributed by atoms with van der Waals surface area (Å²) in [6.07, 6.45) is 0. The largest absolute Gasteiger partial charge is 0.392 e. The van der Waals surface area contributed by atoms with Crippen LogP contribution in [0.2, 0.25) is 0 Å². The highest BCUT2D eigenvalue weighted by molar-refractivity contribution is 5.78. The molecular weight excluding hydrogens is 250 g/mol. The average Bonchev–Trinajstić information content (AvgIpc) is 2.48. The Labute approximate surface area is 119 Å². The molecule has 0 amide bonds. The Morgan fingerprint density at radius 3 is 2.55 bits per heavy atom. The van der Waals surface area contributed by atoms with Crippen LogP contribution in [0.25, 0.3) is 0 Å². The van der Waals surface area contributed by atoms with Gasteiger partial charge in [-0.2, -0.15) is 0 Å². The maximum absolute atomic E-state index is 9.25. The van der Waals surface area contributed by atoms with E-state index >= 15 is 0 Å². The molecule has 0 saturated heterocycles. The topological polar surface area (TPSA) is 39.6 Å². The van der Waals surface area contributed by atoms with Crippen LogP contribution >= 0.6 is 0 Å². The number of fused-ring (bicyclic) bond motifs is 1. The van der Waals surface area contributed by atoms with E-state index in [0.29, 0.717) is 0 Å². The lowest BCUT2D eigenvalue weighted by Gasteiger charge is -2.36. The van der Waals surface area contributed by atoms with Crippen LogP contribution in [-0.4, -0.2) is 30.2 Å². The van der Waals surface area contributed by atoms with Gasteiger partial charge in [0.25, 0.3) is 0 Å². The number of anilines is 3. The average molecular weight is 269 g/mol. The molecule has 104 valence electrons. The maximum atomic E-state index is 9.25. The summed E-state index contributed by atoms with van der Waals surface area (Å²) in [5.41, 5.74) is 4.19. The van der Waals surface area contributed by atoms with Crippen LogP contribution in [0.15, 0.2) is 36.4 Å². The molecule has 0 saturated carbocycles. The number of para-hydroxylation sites is 2. The Morgan fingerprint density at radius 1 is 1.10 bits per heavy atom.